The molecule has 3 rings (SSSR count). The average Bonchev–Trinajstić information content (AvgIpc) is 3.37. The average molecular weight is 498 g/mol. The number of ether oxygens (including phenoxy) is 1. The molecule has 0 atom stereocenters. The molecule has 0 spiro atoms. The fourth-order valence-electron chi connectivity index (χ4n) is 4.28. The number of unbranched alkanes of at least 4 members (excludes halogenated alkanes) is 3. The first-order chi connectivity index (χ1) is 16.5. The lowest BCUT2D eigenvalue weighted by Crippen LogP contribution is -2.43. The van der Waals surface area contributed by atoms with Crippen molar-refractivity contribution >= 4 is 21.7 Å². The topological polar surface area (TPSA) is 113 Å². The number of nitrogens with one attached hydrogen (secondary N) is 2. The number of hydroxylamine groups is 1. The van der Waals surface area contributed by atoms with E-state index < -0.39 is 10.0 Å². The Balaban J connectivity index is 1.32. The molecule has 11 heteroatoms. The minimum Gasteiger partial charge on any atom is -0.379 e. The Hall–Kier alpha value is -1.79. The molecule has 192 valence electrons. The Morgan fingerprint density at radius 2 is 1.82 bits per heavy atom. The summed E-state index contributed by atoms with van der Waals surface area (Å²) < 4.78 is 32.8. The van der Waals surface area contributed by atoms with Crippen LogP contribution in [0.3, 0.4) is 0 Å². The van der Waals surface area contributed by atoms with Gasteiger partial charge in [-0.15, -0.1) is 0 Å². The summed E-state index contributed by atoms with van der Waals surface area (Å²) in [6, 6.07) is 3.15. The second-order valence-electron chi connectivity index (χ2n) is 8.83. The Kier molecular flexibility index (Phi) is 11.5. The maximum atomic E-state index is 13.0. The monoisotopic (exact) mass is 497 g/mol. The van der Waals surface area contributed by atoms with Crippen LogP contribution in [0, 0.1) is 0 Å². The van der Waals surface area contributed by atoms with Crippen molar-refractivity contribution in [1.29, 1.82) is 0 Å². The van der Waals surface area contributed by atoms with Gasteiger partial charge in [0.05, 0.1) is 31.6 Å². The van der Waals surface area contributed by atoms with E-state index in [2.05, 4.69) is 20.5 Å². The van der Waals surface area contributed by atoms with E-state index in [9.17, 15) is 13.2 Å². The largest absolute Gasteiger partial charge is 0.379 e. The first-order valence-electron chi connectivity index (χ1n) is 12.4. The number of sulfonamides is 1. The molecule has 2 heterocycles. The summed E-state index contributed by atoms with van der Waals surface area (Å²) in [4.78, 5) is 23.9. The highest BCUT2D eigenvalue weighted by Gasteiger charge is 2.33. The van der Waals surface area contributed by atoms with Gasteiger partial charge in [-0.3, -0.25) is 14.7 Å². The van der Waals surface area contributed by atoms with Crippen LogP contribution in [0.15, 0.2) is 24.5 Å². The van der Waals surface area contributed by atoms with Gasteiger partial charge in [-0.25, -0.2) is 13.2 Å². The Labute approximate surface area is 203 Å². The lowest BCUT2D eigenvalue weighted by atomic mass is 10.2. The van der Waals surface area contributed by atoms with Crippen LogP contribution in [0.2, 0.25) is 0 Å². The molecular weight excluding hydrogens is 458 g/mol. The van der Waals surface area contributed by atoms with Crippen molar-refractivity contribution in [3.8, 4) is 0 Å². The van der Waals surface area contributed by atoms with E-state index in [0.717, 1.165) is 71.2 Å². The number of hydrogen-bond acceptors (Lipinski definition) is 7. The summed E-state index contributed by atoms with van der Waals surface area (Å²) >= 11 is 0. The fraction of sp³-hybridized carbons (Fsp3) is 0.739. The van der Waals surface area contributed by atoms with Gasteiger partial charge in [-0.1, -0.05) is 30.2 Å². The first-order valence-corrected chi connectivity index (χ1v) is 14.1. The fourth-order valence-corrected chi connectivity index (χ4v) is 5.93. The molecule has 10 nitrogen and oxygen atoms in total. The maximum absolute atomic E-state index is 13.0. The third-order valence-electron chi connectivity index (χ3n) is 6.18. The molecule has 0 bridgehead atoms. The third-order valence-corrected chi connectivity index (χ3v) is 7.94. The predicted octanol–water partition coefficient (Wildman–Crippen LogP) is 2.60. The number of anilines is 1. The molecule has 0 radical (unpaired) electrons. The van der Waals surface area contributed by atoms with Crippen LogP contribution in [0.1, 0.15) is 51.4 Å². The molecule has 34 heavy (non-hydrogen) atoms. The predicted molar refractivity (Wildman–Crippen MR) is 131 cm³/mol. The van der Waals surface area contributed by atoms with Crippen LogP contribution in [0.25, 0.3) is 0 Å². The quantitative estimate of drug-likeness (QED) is 0.300. The van der Waals surface area contributed by atoms with Crippen LogP contribution in [-0.2, 0) is 19.6 Å². The zero-order chi connectivity index (χ0) is 24.1. The van der Waals surface area contributed by atoms with E-state index in [0.29, 0.717) is 31.8 Å². The summed E-state index contributed by atoms with van der Waals surface area (Å²) in [5, 5.41) is 5.56. The molecule has 1 aliphatic carbocycles. The zero-order valence-corrected chi connectivity index (χ0v) is 20.8. The molecule has 0 unspecified atom stereocenters. The SMILES string of the molecule is O=C(NCCCCCCS(=O)(=O)N(OCCN1CCOCC1)C1CCCC1)Nc1ccncc1. The van der Waals surface area contributed by atoms with Crippen molar-refractivity contribution in [1.82, 2.24) is 19.7 Å². The molecule has 1 aromatic rings. The van der Waals surface area contributed by atoms with Gasteiger partial charge >= 0.3 is 6.03 Å². The van der Waals surface area contributed by atoms with Crippen LogP contribution in [0.4, 0.5) is 10.5 Å². The molecule has 1 saturated carbocycles. The lowest BCUT2D eigenvalue weighted by Gasteiger charge is -2.30. The second-order valence-corrected chi connectivity index (χ2v) is 10.8. The summed E-state index contributed by atoms with van der Waals surface area (Å²) in [6.45, 7) is 4.79. The van der Waals surface area contributed by atoms with Gasteiger partial charge < -0.3 is 15.4 Å². The van der Waals surface area contributed by atoms with Gasteiger partial charge in [0, 0.05) is 44.3 Å². The van der Waals surface area contributed by atoms with Gasteiger partial charge in [0.25, 0.3) is 0 Å². The molecule has 2 N–H and O–H groups in total. The first kappa shape index (κ1) is 26.8. The standard InChI is InChI=1S/C23H39N5O5S/c29-23(26-21-9-12-24-13-10-21)25-11-5-1-2-6-20-34(30,31)28(22-7-3-4-8-22)33-19-16-27-14-17-32-18-15-27/h9-10,12-13,22H,1-8,11,14-20H2,(H2,24,25,26,29). The van der Waals surface area contributed by atoms with Crippen molar-refractivity contribution in [2.24, 2.45) is 0 Å². The normalized spacial score (nSPS) is 17.8. The Morgan fingerprint density at radius 1 is 1.12 bits per heavy atom. The smallest absolute Gasteiger partial charge is 0.319 e. The summed E-state index contributed by atoms with van der Waals surface area (Å²) in [6.07, 6.45) is 10.1. The number of amides is 2. The molecule has 2 fully saturated rings. The second kappa shape index (κ2) is 14.6. The number of aromatic nitrogens is 1. The van der Waals surface area contributed by atoms with Crippen LogP contribution < -0.4 is 10.6 Å². The van der Waals surface area contributed by atoms with E-state index in [4.69, 9.17) is 9.57 Å². The molecule has 1 aliphatic heterocycles. The van der Waals surface area contributed by atoms with Crippen molar-refractivity contribution in [3.63, 3.8) is 0 Å². The highest BCUT2D eigenvalue weighted by Crippen LogP contribution is 2.26. The highest BCUT2D eigenvalue weighted by molar-refractivity contribution is 7.88. The summed E-state index contributed by atoms with van der Waals surface area (Å²) in [7, 11) is -3.47. The van der Waals surface area contributed by atoms with Gasteiger partial charge in [0.1, 0.15) is 0 Å². The minimum absolute atomic E-state index is 0.0437. The number of morpholine rings is 1. The van der Waals surface area contributed by atoms with Gasteiger partial charge in [-0.2, -0.15) is 0 Å². The van der Waals surface area contributed by atoms with Crippen molar-refractivity contribution in [3.05, 3.63) is 24.5 Å². The number of urea groups is 1. The minimum atomic E-state index is -3.47. The van der Waals surface area contributed by atoms with Crippen molar-refractivity contribution in [2.45, 2.75) is 57.4 Å². The van der Waals surface area contributed by atoms with E-state index >= 15 is 0 Å². The number of carbonyl (C=O) groups is 1. The van der Waals surface area contributed by atoms with Gasteiger partial charge in [0.2, 0.25) is 10.0 Å². The third kappa shape index (κ3) is 9.46. The van der Waals surface area contributed by atoms with E-state index in [-0.39, 0.29) is 17.8 Å². The van der Waals surface area contributed by atoms with Crippen molar-refractivity contribution < 1.29 is 22.8 Å². The van der Waals surface area contributed by atoms with E-state index in [1.54, 1.807) is 24.5 Å². The van der Waals surface area contributed by atoms with Gasteiger partial charge in [-0.05, 0) is 37.8 Å². The molecule has 2 amide bonds. The van der Waals surface area contributed by atoms with Crippen molar-refractivity contribution in [2.75, 3.05) is 57.1 Å². The molecule has 1 saturated heterocycles. The lowest BCUT2D eigenvalue weighted by molar-refractivity contribution is -0.118. The number of rotatable bonds is 14. The highest BCUT2D eigenvalue weighted by atomic mass is 32.2. The Bertz CT molecular complexity index is 814. The number of hydrogen-bond donors (Lipinski definition) is 2. The van der Waals surface area contributed by atoms with Gasteiger partial charge in [0.15, 0.2) is 0 Å². The Morgan fingerprint density at radius 3 is 2.56 bits per heavy atom. The zero-order valence-electron chi connectivity index (χ0n) is 20.0. The maximum Gasteiger partial charge on any atom is 0.319 e. The molecular formula is C23H39N5O5S. The number of carbonyl (C=O) groups excluding carboxylic acids is 1. The number of nitrogens with zero attached hydrogens (tertiary/aromatic N) is 3. The summed E-state index contributed by atoms with van der Waals surface area (Å²) in [5.41, 5.74) is 0.691. The molecule has 0 aromatic carbocycles. The van der Waals surface area contributed by atoms with Crippen LogP contribution in [-0.4, -0.2) is 86.6 Å². The van der Waals surface area contributed by atoms with Crippen LogP contribution in [0.5, 0.6) is 0 Å². The molecule has 2 aliphatic rings. The van der Waals surface area contributed by atoms with Crippen LogP contribution >= 0.6 is 0 Å². The number of pyridine rings is 1. The summed E-state index contributed by atoms with van der Waals surface area (Å²) in [5.74, 6) is 0.0943. The van der Waals surface area contributed by atoms with E-state index in [1.165, 1.54) is 4.47 Å². The van der Waals surface area contributed by atoms with E-state index in [1.807, 2.05) is 0 Å². The molecule has 1 aromatic heterocycles.